The topological polar surface area (TPSA) is 18.5 Å². The van der Waals surface area contributed by atoms with Gasteiger partial charge >= 0.3 is 6.98 Å². The van der Waals surface area contributed by atoms with Crippen LogP contribution in [0.3, 0.4) is 0 Å². The van der Waals surface area contributed by atoms with Crippen molar-refractivity contribution < 1.29 is 26.8 Å². The second-order valence-corrected chi connectivity index (χ2v) is 3.10. The molecule has 0 heterocycles. The summed E-state index contributed by atoms with van der Waals surface area (Å²) in [6, 6.07) is 2.16. The second kappa shape index (κ2) is 5.20. The molecule has 90 valence electrons. The number of methoxy groups -OCH3 is 1. The Bertz CT molecular complexity index is 354. The lowest BCUT2D eigenvalue weighted by molar-refractivity contribution is 0.146. The van der Waals surface area contributed by atoms with E-state index in [0.29, 0.717) is 6.07 Å². The zero-order chi connectivity index (χ0) is 12.2. The molecule has 1 aromatic carbocycles. The lowest BCUT2D eigenvalue weighted by atomic mass is 9.79. The summed E-state index contributed by atoms with van der Waals surface area (Å²) in [6.07, 6.45) is 0. The minimum absolute atomic E-state index is 0.0564. The van der Waals surface area contributed by atoms with Gasteiger partial charge in [0.15, 0.2) is 0 Å². The fourth-order valence-corrected chi connectivity index (χ4v) is 1.14. The number of hydrogen-bond donors (Lipinski definition) is 0. The Morgan fingerprint density at radius 3 is 2.44 bits per heavy atom. The van der Waals surface area contributed by atoms with E-state index in [1.807, 2.05) is 0 Å². The summed E-state index contributed by atoms with van der Waals surface area (Å²) in [4.78, 5) is 0. The highest BCUT2D eigenvalue weighted by Crippen LogP contribution is 2.18. The van der Waals surface area contributed by atoms with Crippen molar-refractivity contribution >= 4 is 12.4 Å². The fraction of sp³-hybridized carbons (Fsp3) is 0.333. The van der Waals surface area contributed by atoms with Crippen LogP contribution in [0.2, 0.25) is 0 Å². The van der Waals surface area contributed by atoms with Crippen molar-refractivity contribution in [3.05, 3.63) is 24.0 Å². The van der Waals surface area contributed by atoms with Crippen LogP contribution < -0.4 is 10.2 Å². The molecular weight excluding hydrogens is 227 g/mol. The largest absolute Gasteiger partial charge is 0.513 e. The zero-order valence-corrected chi connectivity index (χ0v) is 8.55. The number of ether oxygens (including phenoxy) is 2. The predicted molar refractivity (Wildman–Crippen MR) is 52.5 cm³/mol. The Kier molecular flexibility index (Phi) is 4.17. The molecule has 0 atom stereocenters. The van der Waals surface area contributed by atoms with Gasteiger partial charge in [-0.3, -0.25) is 0 Å². The van der Waals surface area contributed by atoms with E-state index >= 15 is 0 Å². The van der Waals surface area contributed by atoms with E-state index in [4.69, 9.17) is 4.74 Å². The number of halogens is 4. The molecule has 0 saturated carbocycles. The maximum absolute atomic E-state index is 12.8. The molecule has 0 N–H and O–H groups in total. The van der Waals surface area contributed by atoms with Crippen LogP contribution in [0.15, 0.2) is 18.2 Å². The molecule has 7 heteroatoms. The maximum atomic E-state index is 12.8. The average molecular weight is 237 g/mol. The quantitative estimate of drug-likeness (QED) is 0.442. The van der Waals surface area contributed by atoms with Gasteiger partial charge in [-0.05, 0) is 6.07 Å². The van der Waals surface area contributed by atoms with Gasteiger partial charge in [0.25, 0.3) is 0 Å². The van der Waals surface area contributed by atoms with Crippen LogP contribution >= 0.6 is 0 Å². The van der Waals surface area contributed by atoms with Crippen LogP contribution in [0, 0.1) is 5.82 Å². The first-order chi connectivity index (χ1) is 7.45. The Morgan fingerprint density at radius 1 is 1.19 bits per heavy atom. The van der Waals surface area contributed by atoms with Gasteiger partial charge in [0, 0.05) is 13.2 Å². The summed E-state index contributed by atoms with van der Waals surface area (Å²) < 4.78 is 59.8. The number of hydrogen-bond acceptors (Lipinski definition) is 2. The first-order valence-corrected chi connectivity index (χ1v) is 4.56. The summed E-state index contributed by atoms with van der Waals surface area (Å²) in [7, 11) is 1.39. The van der Waals surface area contributed by atoms with Crippen molar-refractivity contribution in [3.8, 4) is 5.75 Å². The van der Waals surface area contributed by atoms with E-state index in [1.54, 1.807) is 0 Å². The average Bonchev–Trinajstić information content (AvgIpc) is 2.16. The molecule has 0 amide bonds. The molecule has 0 bridgehead atoms. The van der Waals surface area contributed by atoms with Crippen molar-refractivity contribution in [3.63, 3.8) is 0 Å². The van der Waals surface area contributed by atoms with Gasteiger partial charge in [0.05, 0.1) is 12.4 Å². The molecule has 2 nitrogen and oxygen atoms in total. The highest BCUT2D eigenvalue weighted by molar-refractivity contribution is 6.74. The van der Waals surface area contributed by atoms with E-state index in [2.05, 4.69) is 4.74 Å². The summed E-state index contributed by atoms with van der Waals surface area (Å²) >= 11 is 0. The van der Waals surface area contributed by atoms with Gasteiger partial charge < -0.3 is 22.4 Å². The van der Waals surface area contributed by atoms with Crippen molar-refractivity contribution in [2.24, 2.45) is 0 Å². The normalized spacial score (nSPS) is 11.6. The van der Waals surface area contributed by atoms with Crippen LogP contribution in [-0.4, -0.2) is 27.3 Å². The molecular formula is C9H10BF4O2-. The molecule has 0 aliphatic carbocycles. The maximum Gasteiger partial charge on any atom is 0.513 e. The van der Waals surface area contributed by atoms with Gasteiger partial charge in [-0.15, -0.1) is 0 Å². The molecule has 0 spiro atoms. The highest BCUT2D eigenvalue weighted by atomic mass is 19.4. The van der Waals surface area contributed by atoms with Crippen molar-refractivity contribution in [2.75, 3.05) is 20.3 Å². The monoisotopic (exact) mass is 237 g/mol. The van der Waals surface area contributed by atoms with Gasteiger partial charge in [-0.2, -0.15) is 0 Å². The summed E-state index contributed by atoms with van der Waals surface area (Å²) in [5.74, 6) is -1.26. The van der Waals surface area contributed by atoms with E-state index in [9.17, 15) is 17.3 Å². The Labute approximate surface area is 90.2 Å². The summed E-state index contributed by atoms with van der Waals surface area (Å²) in [5.41, 5.74) is -0.933. The highest BCUT2D eigenvalue weighted by Gasteiger charge is 2.29. The molecule has 0 fully saturated rings. The SMILES string of the molecule is COCCOc1cc(F)ccc1[B-](F)(F)F. The molecule has 1 aromatic rings. The fourth-order valence-electron chi connectivity index (χ4n) is 1.14. The first kappa shape index (κ1) is 12.8. The molecule has 0 unspecified atom stereocenters. The lowest BCUT2D eigenvalue weighted by Crippen LogP contribution is -2.35. The Morgan fingerprint density at radius 2 is 1.88 bits per heavy atom. The Hall–Kier alpha value is -1.24. The molecule has 0 aromatic heterocycles. The van der Waals surface area contributed by atoms with Crippen LogP contribution in [0.5, 0.6) is 5.75 Å². The number of rotatable bonds is 5. The molecule has 0 radical (unpaired) electrons. The predicted octanol–water partition coefficient (Wildman–Crippen LogP) is 1.91. The van der Waals surface area contributed by atoms with E-state index in [0.717, 1.165) is 12.1 Å². The minimum Gasteiger partial charge on any atom is -0.494 e. The smallest absolute Gasteiger partial charge is 0.494 e. The van der Waals surface area contributed by atoms with Crippen LogP contribution in [-0.2, 0) is 4.74 Å². The molecule has 0 saturated heterocycles. The zero-order valence-electron chi connectivity index (χ0n) is 8.55. The molecule has 1 rings (SSSR count). The summed E-state index contributed by atoms with van der Waals surface area (Å²) in [5, 5.41) is 0. The van der Waals surface area contributed by atoms with Crippen LogP contribution in [0.1, 0.15) is 0 Å². The first-order valence-electron chi connectivity index (χ1n) is 4.56. The van der Waals surface area contributed by atoms with Crippen molar-refractivity contribution in [1.29, 1.82) is 0 Å². The number of benzene rings is 1. The Balaban J connectivity index is 2.90. The minimum atomic E-state index is -5.20. The third-order valence-corrected chi connectivity index (χ3v) is 1.87. The van der Waals surface area contributed by atoms with Gasteiger partial charge in [-0.25, -0.2) is 4.39 Å². The second-order valence-electron chi connectivity index (χ2n) is 3.10. The standard InChI is InChI=1S/C9H10BF4O2/c1-15-4-5-16-9-6-7(11)2-3-8(9)10(12,13)14/h2-3,6H,4-5H2,1H3/q-1. The van der Waals surface area contributed by atoms with Gasteiger partial charge in [-0.1, -0.05) is 11.5 Å². The van der Waals surface area contributed by atoms with Crippen LogP contribution in [0.4, 0.5) is 17.3 Å². The third-order valence-electron chi connectivity index (χ3n) is 1.87. The molecule has 0 aliphatic heterocycles. The van der Waals surface area contributed by atoms with Gasteiger partial charge in [0.2, 0.25) is 0 Å². The third kappa shape index (κ3) is 3.41. The van der Waals surface area contributed by atoms with E-state index < -0.39 is 24.0 Å². The molecule has 0 aliphatic rings. The van der Waals surface area contributed by atoms with Crippen molar-refractivity contribution in [1.82, 2.24) is 0 Å². The van der Waals surface area contributed by atoms with E-state index in [-0.39, 0.29) is 13.2 Å². The lowest BCUT2D eigenvalue weighted by Gasteiger charge is -2.19. The summed E-state index contributed by atoms with van der Waals surface area (Å²) in [6.45, 7) is -5.12. The van der Waals surface area contributed by atoms with E-state index in [1.165, 1.54) is 7.11 Å². The van der Waals surface area contributed by atoms with Crippen molar-refractivity contribution in [2.45, 2.75) is 0 Å². The van der Waals surface area contributed by atoms with Crippen LogP contribution in [0.25, 0.3) is 0 Å². The molecule has 16 heavy (non-hydrogen) atoms. The van der Waals surface area contributed by atoms with Gasteiger partial charge in [0.1, 0.15) is 12.4 Å².